The number of pyridine rings is 1. The van der Waals surface area contributed by atoms with Crippen LogP contribution in [0.1, 0.15) is 36.2 Å². The lowest BCUT2D eigenvalue weighted by Gasteiger charge is -2.27. The average Bonchev–Trinajstić information content (AvgIpc) is 3.31. The highest BCUT2D eigenvalue weighted by molar-refractivity contribution is 7.80. The summed E-state index contributed by atoms with van der Waals surface area (Å²) in [5.74, 6) is 1.97. The fourth-order valence-electron chi connectivity index (χ4n) is 3.67. The molecule has 1 fully saturated rings. The molecule has 0 spiro atoms. The molecule has 154 valence electrons. The fraction of sp³-hybridized carbons (Fsp3) is 0.227. The third kappa shape index (κ3) is 3.73. The van der Waals surface area contributed by atoms with Crippen molar-refractivity contribution >= 4 is 34.6 Å². The molecule has 0 saturated carbocycles. The number of benzene rings is 1. The molecule has 0 radical (unpaired) electrons. The third-order valence-electron chi connectivity index (χ3n) is 4.92. The Bertz CT molecular complexity index is 1080. The number of hydrogen-bond acceptors (Lipinski definition) is 5. The van der Waals surface area contributed by atoms with Gasteiger partial charge in [0.2, 0.25) is 5.91 Å². The number of aromatic nitrogens is 1. The molecule has 2 N–H and O–H groups in total. The minimum absolute atomic E-state index is 0.183. The first kappa shape index (κ1) is 19.9. The van der Waals surface area contributed by atoms with E-state index in [2.05, 4.69) is 15.6 Å². The number of amides is 1. The van der Waals surface area contributed by atoms with Crippen LogP contribution in [-0.2, 0) is 4.79 Å². The van der Waals surface area contributed by atoms with Gasteiger partial charge in [0.05, 0.1) is 24.5 Å². The highest BCUT2D eigenvalue weighted by atomic mass is 32.1. The number of aryl methyl sites for hydroxylation is 1. The highest BCUT2D eigenvalue weighted by Gasteiger charge is 2.42. The Hall–Kier alpha value is -3.39. The number of nitrogens with one attached hydrogen (secondary N) is 2. The van der Waals surface area contributed by atoms with Gasteiger partial charge in [-0.25, -0.2) is 0 Å². The molecule has 3 aromatic rings. The number of furan rings is 1. The fourth-order valence-corrected chi connectivity index (χ4v) is 4.01. The maximum atomic E-state index is 11.7. The predicted molar refractivity (Wildman–Crippen MR) is 119 cm³/mol. The predicted octanol–water partition coefficient (Wildman–Crippen LogP) is 4.13. The standard InChI is InChI=1S/C22H22N4O3S/c1-13-7-9-19(29-13)21-20(16-6-4-5-11-23-16)25-22(30)26(21)15-8-10-18(28-3)17(12-15)24-14(2)27/h4-12,20-21H,1-3H3,(H,24,27)(H,25,30). The number of hydrogen-bond donors (Lipinski definition) is 2. The van der Waals surface area contributed by atoms with Crippen LogP contribution in [0.4, 0.5) is 11.4 Å². The molecule has 2 atom stereocenters. The summed E-state index contributed by atoms with van der Waals surface area (Å²) in [6.07, 6.45) is 1.76. The normalized spacial score (nSPS) is 18.2. The molecule has 2 aromatic heterocycles. The molecule has 0 bridgehead atoms. The number of carbonyl (C=O) groups excluding carboxylic acids is 1. The van der Waals surface area contributed by atoms with Gasteiger partial charge in [-0.3, -0.25) is 9.78 Å². The molecule has 1 aliphatic rings. The molecule has 1 aliphatic heterocycles. The van der Waals surface area contributed by atoms with Crippen molar-refractivity contribution in [2.75, 3.05) is 17.3 Å². The molecule has 8 heteroatoms. The van der Waals surface area contributed by atoms with Crippen LogP contribution in [0.2, 0.25) is 0 Å². The summed E-state index contributed by atoms with van der Waals surface area (Å²) < 4.78 is 11.4. The molecule has 7 nitrogen and oxygen atoms in total. The summed E-state index contributed by atoms with van der Waals surface area (Å²) in [7, 11) is 1.56. The van der Waals surface area contributed by atoms with Gasteiger partial charge in [-0.05, 0) is 61.6 Å². The monoisotopic (exact) mass is 422 g/mol. The quantitative estimate of drug-likeness (QED) is 0.599. The van der Waals surface area contributed by atoms with Gasteiger partial charge in [0.1, 0.15) is 23.3 Å². The number of thiocarbonyl (C=S) groups is 1. The first-order valence-corrected chi connectivity index (χ1v) is 9.91. The first-order valence-electron chi connectivity index (χ1n) is 9.50. The van der Waals surface area contributed by atoms with E-state index in [0.717, 1.165) is 22.9 Å². The highest BCUT2D eigenvalue weighted by Crippen LogP contribution is 2.43. The van der Waals surface area contributed by atoms with Crippen molar-refractivity contribution < 1.29 is 13.9 Å². The van der Waals surface area contributed by atoms with Crippen molar-refractivity contribution in [3.63, 3.8) is 0 Å². The van der Waals surface area contributed by atoms with Crippen LogP contribution in [0.5, 0.6) is 5.75 Å². The maximum Gasteiger partial charge on any atom is 0.221 e. The van der Waals surface area contributed by atoms with Gasteiger partial charge in [0.25, 0.3) is 0 Å². The molecule has 3 heterocycles. The Kier molecular flexibility index (Phi) is 5.41. The molecule has 4 rings (SSSR count). The summed E-state index contributed by atoms with van der Waals surface area (Å²) in [6.45, 7) is 3.37. The molecule has 30 heavy (non-hydrogen) atoms. The second-order valence-corrected chi connectivity index (χ2v) is 7.40. The van der Waals surface area contributed by atoms with Crippen molar-refractivity contribution in [2.24, 2.45) is 0 Å². The van der Waals surface area contributed by atoms with Crippen LogP contribution >= 0.6 is 12.2 Å². The van der Waals surface area contributed by atoms with E-state index >= 15 is 0 Å². The number of carbonyl (C=O) groups is 1. The molecular weight excluding hydrogens is 400 g/mol. The molecular formula is C22H22N4O3S. The van der Waals surface area contributed by atoms with Gasteiger partial charge in [0, 0.05) is 18.8 Å². The van der Waals surface area contributed by atoms with Crippen molar-refractivity contribution in [1.29, 1.82) is 0 Å². The number of ether oxygens (including phenoxy) is 1. The maximum absolute atomic E-state index is 11.7. The first-order chi connectivity index (χ1) is 14.5. The summed E-state index contributed by atoms with van der Waals surface area (Å²) in [5, 5.41) is 6.74. The van der Waals surface area contributed by atoms with E-state index in [9.17, 15) is 4.79 Å². The zero-order valence-corrected chi connectivity index (χ0v) is 17.7. The van der Waals surface area contributed by atoms with Crippen LogP contribution in [0.3, 0.4) is 0 Å². The number of nitrogens with zero attached hydrogens (tertiary/aromatic N) is 2. The average molecular weight is 423 g/mol. The Morgan fingerprint density at radius 3 is 2.73 bits per heavy atom. The molecule has 1 aromatic carbocycles. The van der Waals surface area contributed by atoms with Crippen LogP contribution in [-0.4, -0.2) is 23.1 Å². The Labute approximate surface area is 180 Å². The topological polar surface area (TPSA) is 79.6 Å². The lowest BCUT2D eigenvalue weighted by atomic mass is 10.0. The van der Waals surface area contributed by atoms with Crippen molar-refractivity contribution in [3.05, 3.63) is 71.9 Å². The number of rotatable bonds is 5. The summed E-state index contributed by atoms with van der Waals surface area (Å²) in [5.41, 5.74) is 2.23. The van der Waals surface area contributed by atoms with Gasteiger partial charge < -0.3 is 24.7 Å². The van der Waals surface area contributed by atoms with E-state index in [0.29, 0.717) is 16.5 Å². The van der Waals surface area contributed by atoms with Crippen molar-refractivity contribution in [1.82, 2.24) is 10.3 Å². The van der Waals surface area contributed by atoms with E-state index in [1.54, 1.807) is 13.3 Å². The Morgan fingerprint density at radius 2 is 2.10 bits per heavy atom. The van der Waals surface area contributed by atoms with Gasteiger partial charge in [0.15, 0.2) is 5.11 Å². The molecule has 0 aliphatic carbocycles. The Balaban J connectivity index is 1.81. The van der Waals surface area contributed by atoms with E-state index < -0.39 is 0 Å². The third-order valence-corrected chi connectivity index (χ3v) is 5.24. The van der Waals surface area contributed by atoms with Gasteiger partial charge in [-0.1, -0.05) is 6.07 Å². The van der Waals surface area contributed by atoms with E-state index in [-0.39, 0.29) is 18.0 Å². The molecule has 1 amide bonds. The van der Waals surface area contributed by atoms with Gasteiger partial charge in [-0.2, -0.15) is 0 Å². The van der Waals surface area contributed by atoms with Crippen molar-refractivity contribution in [3.8, 4) is 5.75 Å². The molecule has 2 unspecified atom stereocenters. The zero-order valence-electron chi connectivity index (χ0n) is 16.9. The number of methoxy groups -OCH3 is 1. The summed E-state index contributed by atoms with van der Waals surface area (Å²) in [4.78, 5) is 18.2. The summed E-state index contributed by atoms with van der Waals surface area (Å²) >= 11 is 5.70. The van der Waals surface area contributed by atoms with Gasteiger partial charge in [-0.15, -0.1) is 0 Å². The minimum Gasteiger partial charge on any atom is -0.495 e. The van der Waals surface area contributed by atoms with Crippen LogP contribution in [0.15, 0.2) is 59.1 Å². The van der Waals surface area contributed by atoms with Crippen LogP contribution in [0, 0.1) is 6.92 Å². The zero-order chi connectivity index (χ0) is 21.3. The largest absolute Gasteiger partial charge is 0.495 e. The van der Waals surface area contributed by atoms with Gasteiger partial charge >= 0.3 is 0 Å². The Morgan fingerprint density at radius 1 is 1.27 bits per heavy atom. The van der Waals surface area contributed by atoms with Crippen LogP contribution < -0.4 is 20.3 Å². The number of anilines is 2. The lowest BCUT2D eigenvalue weighted by molar-refractivity contribution is -0.114. The van der Waals surface area contributed by atoms with Crippen LogP contribution in [0.25, 0.3) is 0 Å². The summed E-state index contributed by atoms with van der Waals surface area (Å²) in [6, 6.07) is 14.8. The van der Waals surface area contributed by atoms with E-state index in [4.69, 9.17) is 21.4 Å². The molecule has 1 saturated heterocycles. The van der Waals surface area contributed by atoms with E-state index in [1.165, 1.54) is 6.92 Å². The second kappa shape index (κ2) is 8.16. The SMILES string of the molecule is COc1ccc(N2C(=S)NC(c3ccccn3)C2c2ccc(C)o2)cc1NC(C)=O. The lowest BCUT2D eigenvalue weighted by Crippen LogP contribution is -2.29. The smallest absolute Gasteiger partial charge is 0.221 e. The van der Waals surface area contributed by atoms with Crippen molar-refractivity contribution in [2.45, 2.75) is 25.9 Å². The van der Waals surface area contributed by atoms with E-state index in [1.807, 2.05) is 60.4 Å². The minimum atomic E-state index is -0.250. The second-order valence-electron chi connectivity index (χ2n) is 7.01.